The molecule has 24 heavy (non-hydrogen) atoms. The largest absolute Gasteiger partial charge is 0.492 e. The standard InChI is InChI=1S/C19H21IN2O2/c1-2-24-18-10-6-5-9-17(18)21-11-13-22(14-12-21)19(23)15-7-3-4-8-16(15)20/h3-10H,2,11-14H2,1H3. The molecule has 0 bridgehead atoms. The molecule has 3 rings (SSSR count). The Bertz CT molecular complexity index is 712. The summed E-state index contributed by atoms with van der Waals surface area (Å²) in [5, 5.41) is 0. The number of hydrogen-bond acceptors (Lipinski definition) is 3. The lowest BCUT2D eigenvalue weighted by atomic mass is 10.1. The first-order valence-electron chi connectivity index (χ1n) is 8.21. The highest BCUT2D eigenvalue weighted by atomic mass is 127. The molecule has 5 heteroatoms. The number of carbonyl (C=O) groups is 1. The van der Waals surface area contributed by atoms with E-state index in [0.717, 1.165) is 46.7 Å². The van der Waals surface area contributed by atoms with E-state index in [4.69, 9.17) is 4.74 Å². The minimum absolute atomic E-state index is 0.123. The Morgan fingerprint density at radius 2 is 1.71 bits per heavy atom. The third-order valence-corrected chi connectivity index (χ3v) is 5.12. The number of rotatable bonds is 4. The zero-order valence-corrected chi connectivity index (χ0v) is 15.9. The van der Waals surface area contributed by atoms with Gasteiger partial charge >= 0.3 is 0 Å². The third-order valence-electron chi connectivity index (χ3n) is 4.18. The predicted molar refractivity (Wildman–Crippen MR) is 105 cm³/mol. The van der Waals surface area contributed by atoms with Crippen molar-refractivity contribution in [3.63, 3.8) is 0 Å². The molecule has 0 N–H and O–H groups in total. The second kappa shape index (κ2) is 7.88. The van der Waals surface area contributed by atoms with Crippen LogP contribution in [0.5, 0.6) is 5.75 Å². The molecule has 4 nitrogen and oxygen atoms in total. The van der Waals surface area contributed by atoms with E-state index in [9.17, 15) is 4.79 Å². The molecule has 2 aromatic rings. The molecule has 0 aromatic heterocycles. The number of halogens is 1. The van der Waals surface area contributed by atoms with Crippen molar-refractivity contribution in [2.45, 2.75) is 6.92 Å². The van der Waals surface area contributed by atoms with E-state index in [1.54, 1.807) is 0 Å². The maximum Gasteiger partial charge on any atom is 0.255 e. The topological polar surface area (TPSA) is 32.8 Å². The summed E-state index contributed by atoms with van der Waals surface area (Å²) in [7, 11) is 0. The lowest BCUT2D eigenvalue weighted by Crippen LogP contribution is -2.49. The highest BCUT2D eigenvalue weighted by Crippen LogP contribution is 2.29. The van der Waals surface area contributed by atoms with Crippen molar-refractivity contribution < 1.29 is 9.53 Å². The predicted octanol–water partition coefficient (Wildman–Crippen LogP) is 3.65. The number of benzene rings is 2. The Labute approximate surface area is 156 Å². The first kappa shape index (κ1) is 17.1. The average Bonchev–Trinajstić information content (AvgIpc) is 2.63. The molecular formula is C19H21IN2O2. The number of anilines is 1. The number of para-hydroxylation sites is 2. The highest BCUT2D eigenvalue weighted by Gasteiger charge is 2.24. The van der Waals surface area contributed by atoms with Gasteiger partial charge in [-0.25, -0.2) is 0 Å². The summed E-state index contributed by atoms with van der Waals surface area (Å²) in [6, 6.07) is 15.9. The number of ether oxygens (including phenoxy) is 1. The van der Waals surface area contributed by atoms with E-state index >= 15 is 0 Å². The van der Waals surface area contributed by atoms with Crippen LogP contribution in [0.2, 0.25) is 0 Å². The molecule has 0 radical (unpaired) electrons. The van der Waals surface area contributed by atoms with Gasteiger partial charge in [0.05, 0.1) is 17.9 Å². The first-order chi connectivity index (χ1) is 11.7. The molecule has 1 heterocycles. The van der Waals surface area contributed by atoms with Crippen molar-refractivity contribution >= 4 is 34.2 Å². The summed E-state index contributed by atoms with van der Waals surface area (Å²) in [6.45, 7) is 5.74. The van der Waals surface area contributed by atoms with Crippen molar-refractivity contribution in [1.29, 1.82) is 0 Å². The highest BCUT2D eigenvalue weighted by molar-refractivity contribution is 14.1. The number of amides is 1. The van der Waals surface area contributed by atoms with Gasteiger partial charge in [-0.1, -0.05) is 24.3 Å². The van der Waals surface area contributed by atoms with Gasteiger partial charge in [0.2, 0.25) is 0 Å². The maximum atomic E-state index is 12.7. The van der Waals surface area contributed by atoms with E-state index in [0.29, 0.717) is 6.61 Å². The van der Waals surface area contributed by atoms with E-state index in [-0.39, 0.29) is 5.91 Å². The third kappa shape index (κ3) is 3.66. The molecule has 1 aliphatic heterocycles. The summed E-state index contributed by atoms with van der Waals surface area (Å²) >= 11 is 2.22. The lowest BCUT2D eigenvalue weighted by molar-refractivity contribution is 0.0745. The molecule has 126 valence electrons. The Morgan fingerprint density at radius 1 is 1.04 bits per heavy atom. The zero-order chi connectivity index (χ0) is 16.9. The Balaban J connectivity index is 1.68. The summed E-state index contributed by atoms with van der Waals surface area (Å²) in [5.74, 6) is 1.04. The van der Waals surface area contributed by atoms with Crippen LogP contribution in [0.3, 0.4) is 0 Å². The zero-order valence-electron chi connectivity index (χ0n) is 13.7. The average molecular weight is 436 g/mol. The van der Waals surface area contributed by atoms with E-state index in [2.05, 4.69) is 33.6 Å². The van der Waals surface area contributed by atoms with Crippen LogP contribution < -0.4 is 9.64 Å². The monoisotopic (exact) mass is 436 g/mol. The van der Waals surface area contributed by atoms with Crippen molar-refractivity contribution in [2.24, 2.45) is 0 Å². The van der Waals surface area contributed by atoms with Crippen molar-refractivity contribution in [2.75, 3.05) is 37.7 Å². The lowest BCUT2D eigenvalue weighted by Gasteiger charge is -2.36. The Kier molecular flexibility index (Phi) is 5.60. The number of piperazine rings is 1. The minimum Gasteiger partial charge on any atom is -0.492 e. The van der Waals surface area contributed by atoms with E-state index < -0.39 is 0 Å². The van der Waals surface area contributed by atoms with Crippen molar-refractivity contribution in [3.05, 3.63) is 57.7 Å². The normalized spacial score (nSPS) is 14.6. The van der Waals surface area contributed by atoms with Gasteiger partial charge in [-0.2, -0.15) is 0 Å². The van der Waals surface area contributed by atoms with Gasteiger partial charge < -0.3 is 14.5 Å². The summed E-state index contributed by atoms with van der Waals surface area (Å²) in [4.78, 5) is 16.9. The van der Waals surface area contributed by atoms with Crippen molar-refractivity contribution in [3.8, 4) is 5.75 Å². The Morgan fingerprint density at radius 3 is 2.42 bits per heavy atom. The molecule has 2 aromatic carbocycles. The van der Waals surface area contributed by atoms with Gasteiger partial charge in [-0.15, -0.1) is 0 Å². The second-order valence-corrected chi connectivity index (χ2v) is 6.82. The van der Waals surface area contributed by atoms with E-state index in [1.165, 1.54) is 0 Å². The van der Waals surface area contributed by atoms with Crippen molar-refractivity contribution in [1.82, 2.24) is 4.90 Å². The smallest absolute Gasteiger partial charge is 0.255 e. The van der Waals surface area contributed by atoms with Crippen LogP contribution in [0, 0.1) is 3.57 Å². The van der Waals surface area contributed by atoms with Gasteiger partial charge in [-0.05, 0) is 53.8 Å². The quantitative estimate of drug-likeness (QED) is 0.687. The van der Waals surface area contributed by atoms with Crippen LogP contribution in [0.1, 0.15) is 17.3 Å². The van der Waals surface area contributed by atoms with Gasteiger partial charge in [0, 0.05) is 29.7 Å². The van der Waals surface area contributed by atoms with Gasteiger partial charge in [0.1, 0.15) is 5.75 Å². The van der Waals surface area contributed by atoms with Crippen LogP contribution in [0.15, 0.2) is 48.5 Å². The molecule has 0 spiro atoms. The van der Waals surface area contributed by atoms with Gasteiger partial charge in [0.15, 0.2) is 0 Å². The number of hydrogen-bond donors (Lipinski definition) is 0. The van der Waals surface area contributed by atoms with Gasteiger partial charge in [0.25, 0.3) is 5.91 Å². The Hall–Kier alpha value is -1.76. The van der Waals surface area contributed by atoms with Crippen LogP contribution >= 0.6 is 22.6 Å². The molecular weight excluding hydrogens is 415 g/mol. The SMILES string of the molecule is CCOc1ccccc1N1CCN(C(=O)c2ccccc2I)CC1. The summed E-state index contributed by atoms with van der Waals surface area (Å²) in [5.41, 5.74) is 1.90. The summed E-state index contributed by atoms with van der Waals surface area (Å²) < 4.78 is 6.73. The maximum absolute atomic E-state index is 12.7. The molecule has 0 unspecified atom stereocenters. The molecule has 0 saturated carbocycles. The molecule has 1 amide bonds. The fraction of sp³-hybridized carbons (Fsp3) is 0.316. The van der Waals surface area contributed by atoms with Crippen LogP contribution in [-0.2, 0) is 0 Å². The molecule has 1 saturated heterocycles. The van der Waals surface area contributed by atoms with Crippen LogP contribution in [-0.4, -0.2) is 43.6 Å². The fourth-order valence-corrected chi connectivity index (χ4v) is 3.57. The van der Waals surface area contributed by atoms with Gasteiger partial charge in [-0.3, -0.25) is 4.79 Å². The molecule has 0 atom stereocenters. The first-order valence-corrected chi connectivity index (χ1v) is 9.29. The molecule has 1 fully saturated rings. The van der Waals surface area contributed by atoms with Crippen LogP contribution in [0.25, 0.3) is 0 Å². The number of nitrogens with zero attached hydrogens (tertiary/aromatic N) is 2. The number of carbonyl (C=O) groups excluding carboxylic acids is 1. The summed E-state index contributed by atoms with van der Waals surface area (Å²) in [6.07, 6.45) is 0. The fourth-order valence-electron chi connectivity index (χ4n) is 2.95. The minimum atomic E-state index is 0.123. The molecule has 0 aliphatic carbocycles. The second-order valence-electron chi connectivity index (χ2n) is 5.66. The van der Waals surface area contributed by atoms with E-state index in [1.807, 2.05) is 54.3 Å². The molecule has 1 aliphatic rings. The van der Waals surface area contributed by atoms with Crippen LogP contribution in [0.4, 0.5) is 5.69 Å².